The molecule has 0 aromatic heterocycles. The van der Waals surface area contributed by atoms with Crippen LogP contribution in [0, 0.1) is 0 Å². The van der Waals surface area contributed by atoms with Crippen LogP contribution in [0.2, 0.25) is 0 Å². The normalized spacial score (nSPS) is 13.7. The van der Waals surface area contributed by atoms with Gasteiger partial charge in [-0.3, -0.25) is 9.59 Å². The quantitative estimate of drug-likeness (QED) is 0.0261. The smallest absolute Gasteiger partial charge is 0.306 e. The standard InChI is InChI=1S/C53H89NO7/c1-6-8-10-12-14-16-18-20-22-24-25-26-27-28-30-31-33-35-37-39-41-43-51(55)60-48-49(47-59-46-45-50(53(57)58)54(3,4)5)61-52(56)44-42-40-38-36-34-32-29-23-21-19-17-15-13-11-9-7-2/h9,11,14-17,20-23,25-26,28,30,49-50H,6-8,10,12-13,18-19,24,27,29,31-48H2,1-5H3/b11-9+,16-14+,17-15+,22-20+,23-21+,26-25+,30-28+. The van der Waals surface area contributed by atoms with Crippen LogP contribution in [-0.4, -0.2) is 75.5 Å². The predicted octanol–water partition coefficient (Wildman–Crippen LogP) is 12.4. The van der Waals surface area contributed by atoms with Crippen molar-refractivity contribution in [3.8, 4) is 0 Å². The molecule has 2 unspecified atom stereocenters. The Kier molecular flexibility index (Phi) is 40.7. The minimum atomic E-state index is -1.13. The average Bonchev–Trinajstić information content (AvgIpc) is 3.22. The number of carbonyl (C=O) groups is 3. The summed E-state index contributed by atoms with van der Waals surface area (Å²) in [6, 6.07) is -0.736. The third-order valence-electron chi connectivity index (χ3n) is 10.3. The summed E-state index contributed by atoms with van der Waals surface area (Å²) in [6.45, 7) is 4.48. The number of hydrogen-bond acceptors (Lipinski definition) is 7. The van der Waals surface area contributed by atoms with E-state index in [1.54, 1.807) is 21.1 Å². The molecule has 0 amide bonds. The second-order valence-corrected chi connectivity index (χ2v) is 17.0. The van der Waals surface area contributed by atoms with Crippen LogP contribution in [0.4, 0.5) is 0 Å². The van der Waals surface area contributed by atoms with Crippen molar-refractivity contribution in [1.82, 2.24) is 0 Å². The molecule has 0 saturated carbocycles. The summed E-state index contributed by atoms with van der Waals surface area (Å²) >= 11 is 0. The van der Waals surface area contributed by atoms with Crippen molar-refractivity contribution in [2.45, 2.75) is 193 Å². The molecule has 0 aliphatic carbocycles. The molecule has 8 heteroatoms. The second kappa shape index (κ2) is 43.2. The molecule has 8 nitrogen and oxygen atoms in total. The average molecular weight is 852 g/mol. The number of likely N-dealkylation sites (N-methyl/N-ethyl adjacent to an activating group) is 1. The highest BCUT2D eigenvalue weighted by Gasteiger charge is 2.25. The van der Waals surface area contributed by atoms with Crippen LogP contribution < -0.4 is 5.11 Å². The number of carbonyl (C=O) groups excluding carboxylic acids is 3. The molecule has 2 atom stereocenters. The number of aliphatic carboxylic acids is 1. The Balaban J connectivity index is 4.36. The Hall–Kier alpha value is -3.49. The van der Waals surface area contributed by atoms with Gasteiger partial charge in [0.1, 0.15) is 12.6 Å². The van der Waals surface area contributed by atoms with E-state index in [0.717, 1.165) is 109 Å². The van der Waals surface area contributed by atoms with Gasteiger partial charge in [-0.05, 0) is 89.9 Å². The number of ether oxygens (including phenoxy) is 3. The van der Waals surface area contributed by atoms with Crippen molar-refractivity contribution < 1.29 is 38.2 Å². The summed E-state index contributed by atoms with van der Waals surface area (Å²) in [7, 11) is 5.39. The molecule has 0 aliphatic heterocycles. The van der Waals surface area contributed by atoms with Crippen LogP contribution in [0.3, 0.4) is 0 Å². The van der Waals surface area contributed by atoms with E-state index >= 15 is 0 Å². The highest BCUT2D eigenvalue weighted by Crippen LogP contribution is 2.13. The Morgan fingerprint density at radius 3 is 1.36 bits per heavy atom. The first-order chi connectivity index (χ1) is 29.6. The fraction of sp³-hybridized carbons (Fsp3) is 0.679. The van der Waals surface area contributed by atoms with Gasteiger partial charge in [-0.2, -0.15) is 0 Å². The van der Waals surface area contributed by atoms with E-state index < -0.39 is 18.1 Å². The number of allylic oxidation sites excluding steroid dienone is 14. The van der Waals surface area contributed by atoms with Crippen LogP contribution in [0.15, 0.2) is 85.1 Å². The van der Waals surface area contributed by atoms with Gasteiger partial charge in [0, 0.05) is 19.3 Å². The van der Waals surface area contributed by atoms with Crippen LogP contribution in [0.1, 0.15) is 181 Å². The predicted molar refractivity (Wildman–Crippen MR) is 254 cm³/mol. The molecule has 61 heavy (non-hydrogen) atoms. The molecule has 0 heterocycles. The number of nitrogens with zero attached hydrogens (tertiary/aromatic N) is 1. The first-order valence-corrected chi connectivity index (χ1v) is 24.1. The lowest BCUT2D eigenvalue weighted by Crippen LogP contribution is -2.55. The molecular formula is C53H89NO7. The molecule has 0 aliphatic rings. The SMILES string of the molecule is CC/C=C/C/C=C/C/C=C/CCCCCCCCC(=O)OC(COCCC(C(=O)[O-])[N+](C)(C)C)COC(=O)CCCCCCC/C=C/C/C=C/C/C=C/C/C=C/CCCCC. The maximum absolute atomic E-state index is 12.7. The molecule has 0 N–H and O–H groups in total. The molecule has 0 aromatic rings. The Morgan fingerprint density at radius 2 is 0.918 bits per heavy atom. The van der Waals surface area contributed by atoms with Gasteiger partial charge in [-0.25, -0.2) is 0 Å². The van der Waals surface area contributed by atoms with Gasteiger partial charge >= 0.3 is 11.9 Å². The molecule has 0 aromatic carbocycles. The van der Waals surface area contributed by atoms with Gasteiger partial charge in [0.05, 0.1) is 40.3 Å². The van der Waals surface area contributed by atoms with Gasteiger partial charge in [-0.1, -0.05) is 157 Å². The Bertz CT molecular complexity index is 1270. The fourth-order valence-corrected chi connectivity index (χ4v) is 6.54. The van der Waals surface area contributed by atoms with E-state index in [0.29, 0.717) is 12.8 Å². The largest absolute Gasteiger partial charge is 0.544 e. The zero-order valence-corrected chi connectivity index (χ0v) is 39.5. The van der Waals surface area contributed by atoms with Crippen molar-refractivity contribution in [2.75, 3.05) is 41.0 Å². The van der Waals surface area contributed by atoms with E-state index in [1.807, 2.05) is 0 Å². The maximum atomic E-state index is 12.7. The summed E-state index contributed by atoms with van der Waals surface area (Å²) in [6.07, 6.45) is 56.0. The summed E-state index contributed by atoms with van der Waals surface area (Å²) < 4.78 is 17.2. The van der Waals surface area contributed by atoms with E-state index in [2.05, 4.69) is 98.9 Å². The van der Waals surface area contributed by atoms with Crippen LogP contribution >= 0.6 is 0 Å². The van der Waals surface area contributed by atoms with Gasteiger partial charge in [0.25, 0.3) is 0 Å². The molecule has 0 spiro atoms. The Labute approximate surface area is 373 Å². The van der Waals surface area contributed by atoms with Gasteiger partial charge in [0.2, 0.25) is 0 Å². The minimum absolute atomic E-state index is 0.0242. The number of hydrogen-bond donors (Lipinski definition) is 0. The minimum Gasteiger partial charge on any atom is -0.544 e. The van der Waals surface area contributed by atoms with Crippen molar-refractivity contribution in [3.63, 3.8) is 0 Å². The first kappa shape index (κ1) is 57.5. The third kappa shape index (κ3) is 41.6. The lowest BCUT2D eigenvalue weighted by Gasteiger charge is -2.34. The molecule has 0 fully saturated rings. The van der Waals surface area contributed by atoms with E-state index in [9.17, 15) is 19.5 Å². The van der Waals surface area contributed by atoms with Crippen molar-refractivity contribution in [3.05, 3.63) is 85.1 Å². The highest BCUT2D eigenvalue weighted by atomic mass is 16.6. The summed E-state index contributed by atoms with van der Waals surface area (Å²) in [5.74, 6) is -1.78. The third-order valence-corrected chi connectivity index (χ3v) is 10.3. The molecule has 0 bridgehead atoms. The molecular weight excluding hydrogens is 763 g/mol. The lowest BCUT2D eigenvalue weighted by atomic mass is 10.1. The monoisotopic (exact) mass is 852 g/mol. The number of esters is 2. The lowest BCUT2D eigenvalue weighted by molar-refractivity contribution is -0.889. The van der Waals surface area contributed by atoms with Gasteiger partial charge < -0.3 is 28.6 Å². The van der Waals surface area contributed by atoms with Crippen LogP contribution in [0.25, 0.3) is 0 Å². The second-order valence-electron chi connectivity index (χ2n) is 17.0. The summed E-state index contributed by atoms with van der Waals surface area (Å²) in [5, 5.41) is 11.6. The zero-order valence-electron chi connectivity index (χ0n) is 39.5. The van der Waals surface area contributed by atoms with E-state index in [-0.39, 0.29) is 42.7 Å². The molecule has 0 saturated heterocycles. The number of quaternary nitrogens is 1. The van der Waals surface area contributed by atoms with Crippen LogP contribution in [0.5, 0.6) is 0 Å². The molecule has 0 radical (unpaired) electrons. The number of unbranched alkanes of at least 4 members (excludes halogenated alkanes) is 14. The number of rotatable bonds is 42. The highest BCUT2D eigenvalue weighted by molar-refractivity contribution is 5.70. The molecule has 0 rings (SSSR count). The molecule has 348 valence electrons. The topological polar surface area (TPSA) is 102 Å². The van der Waals surface area contributed by atoms with Crippen molar-refractivity contribution >= 4 is 17.9 Å². The van der Waals surface area contributed by atoms with Crippen LogP contribution in [-0.2, 0) is 28.6 Å². The van der Waals surface area contributed by atoms with Gasteiger partial charge in [-0.15, -0.1) is 0 Å². The van der Waals surface area contributed by atoms with E-state index in [1.165, 1.54) is 38.5 Å². The number of carboxylic acids is 1. The van der Waals surface area contributed by atoms with Crippen molar-refractivity contribution in [2.24, 2.45) is 0 Å². The van der Waals surface area contributed by atoms with E-state index in [4.69, 9.17) is 14.2 Å². The Morgan fingerprint density at radius 1 is 0.508 bits per heavy atom. The number of carboxylic acid groups (broad SMARTS) is 1. The maximum Gasteiger partial charge on any atom is 0.306 e. The summed E-state index contributed by atoms with van der Waals surface area (Å²) in [4.78, 5) is 37.0. The van der Waals surface area contributed by atoms with Gasteiger partial charge in [0.15, 0.2) is 6.10 Å². The summed E-state index contributed by atoms with van der Waals surface area (Å²) in [5.41, 5.74) is 0. The first-order valence-electron chi connectivity index (χ1n) is 24.1. The fourth-order valence-electron chi connectivity index (χ4n) is 6.54. The zero-order chi connectivity index (χ0) is 44.9. The van der Waals surface area contributed by atoms with Crippen molar-refractivity contribution in [1.29, 1.82) is 0 Å².